The zero-order valence-corrected chi connectivity index (χ0v) is 8.75. The minimum atomic E-state index is -4.85. The van der Waals surface area contributed by atoms with Crippen molar-refractivity contribution < 1.29 is 27.5 Å². The standard InChI is InChI=1S/C10H9F4NO2/c1-2-15(9(16)17)6-3-4-8(11)7(5-6)10(12,13)14/h3-5H,2H2,1H3,(H,16,17). The lowest BCUT2D eigenvalue weighted by Crippen LogP contribution is -2.29. The van der Waals surface area contributed by atoms with Gasteiger partial charge < -0.3 is 5.11 Å². The molecule has 0 aliphatic heterocycles. The van der Waals surface area contributed by atoms with Crippen LogP contribution in [0.4, 0.5) is 28.0 Å². The molecular weight excluding hydrogens is 242 g/mol. The summed E-state index contributed by atoms with van der Waals surface area (Å²) in [4.78, 5) is 11.4. The number of alkyl halides is 3. The van der Waals surface area contributed by atoms with Crippen LogP contribution in [0.2, 0.25) is 0 Å². The van der Waals surface area contributed by atoms with E-state index in [1.807, 2.05) is 0 Å². The van der Waals surface area contributed by atoms with Gasteiger partial charge in [-0.25, -0.2) is 9.18 Å². The molecule has 1 aromatic carbocycles. The lowest BCUT2D eigenvalue weighted by atomic mass is 10.1. The van der Waals surface area contributed by atoms with E-state index in [1.54, 1.807) is 0 Å². The van der Waals surface area contributed by atoms with Gasteiger partial charge in [0, 0.05) is 12.2 Å². The van der Waals surface area contributed by atoms with Crippen molar-refractivity contribution in [1.82, 2.24) is 0 Å². The van der Waals surface area contributed by atoms with Gasteiger partial charge in [0.1, 0.15) is 5.82 Å². The van der Waals surface area contributed by atoms with Crippen LogP contribution in [-0.4, -0.2) is 17.7 Å². The number of hydrogen-bond donors (Lipinski definition) is 1. The molecule has 7 heteroatoms. The number of carbonyl (C=O) groups is 1. The zero-order valence-electron chi connectivity index (χ0n) is 8.75. The normalized spacial score (nSPS) is 11.4. The fraction of sp³-hybridized carbons (Fsp3) is 0.300. The van der Waals surface area contributed by atoms with Gasteiger partial charge in [0.05, 0.1) is 5.56 Å². The molecule has 0 atom stereocenters. The number of carboxylic acid groups (broad SMARTS) is 1. The third-order valence-corrected chi connectivity index (χ3v) is 2.11. The Kier molecular flexibility index (Phi) is 3.59. The predicted molar refractivity (Wildman–Crippen MR) is 52.4 cm³/mol. The Morgan fingerprint density at radius 1 is 1.41 bits per heavy atom. The summed E-state index contributed by atoms with van der Waals surface area (Å²) in [6.07, 6.45) is -6.25. The highest BCUT2D eigenvalue weighted by Gasteiger charge is 2.34. The molecule has 1 aromatic rings. The summed E-state index contributed by atoms with van der Waals surface area (Å²) in [7, 11) is 0. The van der Waals surface area contributed by atoms with E-state index in [1.165, 1.54) is 6.92 Å². The highest BCUT2D eigenvalue weighted by Crippen LogP contribution is 2.33. The van der Waals surface area contributed by atoms with Crippen molar-refractivity contribution in [3.63, 3.8) is 0 Å². The molecule has 0 bridgehead atoms. The molecule has 0 aromatic heterocycles. The number of halogens is 4. The summed E-state index contributed by atoms with van der Waals surface area (Å²) in [6, 6.07) is 2.07. The highest BCUT2D eigenvalue weighted by atomic mass is 19.4. The maximum Gasteiger partial charge on any atom is 0.419 e. The first kappa shape index (κ1) is 13.3. The topological polar surface area (TPSA) is 40.5 Å². The second-order valence-electron chi connectivity index (χ2n) is 3.19. The van der Waals surface area contributed by atoms with Crippen LogP contribution < -0.4 is 4.90 Å². The van der Waals surface area contributed by atoms with Gasteiger partial charge in [-0.2, -0.15) is 13.2 Å². The van der Waals surface area contributed by atoms with Crippen molar-refractivity contribution in [2.75, 3.05) is 11.4 Å². The van der Waals surface area contributed by atoms with Gasteiger partial charge >= 0.3 is 12.3 Å². The highest BCUT2D eigenvalue weighted by molar-refractivity contribution is 5.86. The van der Waals surface area contributed by atoms with Crippen LogP contribution in [0.3, 0.4) is 0 Å². The van der Waals surface area contributed by atoms with Crippen molar-refractivity contribution in [3.8, 4) is 0 Å². The summed E-state index contributed by atoms with van der Waals surface area (Å²) in [5.74, 6) is -1.43. The van der Waals surface area contributed by atoms with Gasteiger partial charge in [-0.05, 0) is 25.1 Å². The number of nitrogens with zero attached hydrogens (tertiary/aromatic N) is 1. The van der Waals surface area contributed by atoms with Crippen molar-refractivity contribution in [1.29, 1.82) is 0 Å². The van der Waals surface area contributed by atoms with E-state index in [0.717, 1.165) is 6.07 Å². The predicted octanol–water partition coefficient (Wildman–Crippen LogP) is 3.35. The third-order valence-electron chi connectivity index (χ3n) is 2.11. The Balaban J connectivity index is 3.25. The summed E-state index contributed by atoms with van der Waals surface area (Å²) in [6.45, 7) is 1.43. The molecule has 0 spiro atoms. The Morgan fingerprint density at radius 2 is 2.00 bits per heavy atom. The first-order valence-corrected chi connectivity index (χ1v) is 4.64. The number of benzene rings is 1. The van der Waals surface area contributed by atoms with E-state index in [2.05, 4.69) is 0 Å². The molecule has 1 N–H and O–H groups in total. The Hall–Kier alpha value is -1.79. The molecule has 0 aliphatic rings. The van der Waals surface area contributed by atoms with Crippen LogP contribution in [0.1, 0.15) is 12.5 Å². The number of hydrogen-bond acceptors (Lipinski definition) is 1. The van der Waals surface area contributed by atoms with Gasteiger partial charge in [0.15, 0.2) is 0 Å². The molecule has 0 saturated carbocycles. The minimum absolute atomic E-state index is 0.0295. The quantitative estimate of drug-likeness (QED) is 0.819. The van der Waals surface area contributed by atoms with E-state index < -0.39 is 23.7 Å². The van der Waals surface area contributed by atoms with Crippen LogP contribution in [0, 0.1) is 5.82 Å². The summed E-state index contributed by atoms with van der Waals surface area (Å²) in [5.41, 5.74) is -1.69. The molecule has 0 radical (unpaired) electrons. The molecule has 0 fully saturated rings. The third kappa shape index (κ3) is 2.86. The molecule has 0 heterocycles. The van der Waals surface area contributed by atoms with Crippen molar-refractivity contribution >= 4 is 11.8 Å². The van der Waals surface area contributed by atoms with E-state index in [0.29, 0.717) is 17.0 Å². The van der Waals surface area contributed by atoms with E-state index in [4.69, 9.17) is 5.11 Å². The Morgan fingerprint density at radius 3 is 2.41 bits per heavy atom. The molecule has 3 nitrogen and oxygen atoms in total. The molecule has 1 amide bonds. The first-order chi connectivity index (χ1) is 7.77. The Labute approximate surface area is 94.3 Å². The number of rotatable bonds is 2. The van der Waals surface area contributed by atoms with Crippen LogP contribution >= 0.6 is 0 Å². The molecule has 0 aliphatic carbocycles. The summed E-state index contributed by atoms with van der Waals surface area (Å²) >= 11 is 0. The number of amides is 1. The maximum atomic E-state index is 12.9. The SMILES string of the molecule is CCN(C(=O)O)c1ccc(F)c(C(F)(F)F)c1. The van der Waals surface area contributed by atoms with Crippen molar-refractivity contribution in [2.45, 2.75) is 13.1 Å². The second kappa shape index (κ2) is 4.60. The summed E-state index contributed by atoms with van der Waals surface area (Å²) < 4.78 is 50.1. The monoisotopic (exact) mass is 251 g/mol. The Bertz CT molecular complexity index is 431. The zero-order chi connectivity index (χ0) is 13.2. The van der Waals surface area contributed by atoms with Crippen LogP contribution in [0.25, 0.3) is 0 Å². The van der Waals surface area contributed by atoms with Crippen LogP contribution in [0.15, 0.2) is 18.2 Å². The summed E-state index contributed by atoms with van der Waals surface area (Å²) in [5, 5.41) is 8.74. The van der Waals surface area contributed by atoms with Gasteiger partial charge in [-0.3, -0.25) is 4.90 Å². The lowest BCUT2D eigenvalue weighted by molar-refractivity contribution is -0.139. The van der Waals surface area contributed by atoms with E-state index in [9.17, 15) is 22.4 Å². The average Bonchev–Trinajstić information content (AvgIpc) is 2.19. The molecule has 94 valence electrons. The minimum Gasteiger partial charge on any atom is -0.465 e. The first-order valence-electron chi connectivity index (χ1n) is 4.64. The second-order valence-corrected chi connectivity index (χ2v) is 3.19. The average molecular weight is 251 g/mol. The fourth-order valence-electron chi connectivity index (χ4n) is 1.33. The smallest absolute Gasteiger partial charge is 0.419 e. The van der Waals surface area contributed by atoms with Crippen molar-refractivity contribution in [2.24, 2.45) is 0 Å². The number of anilines is 1. The van der Waals surface area contributed by atoms with E-state index >= 15 is 0 Å². The van der Waals surface area contributed by atoms with Gasteiger partial charge in [-0.1, -0.05) is 0 Å². The van der Waals surface area contributed by atoms with Crippen LogP contribution in [-0.2, 0) is 6.18 Å². The molecule has 0 saturated heterocycles. The van der Waals surface area contributed by atoms with Crippen molar-refractivity contribution in [3.05, 3.63) is 29.6 Å². The van der Waals surface area contributed by atoms with Gasteiger partial charge in [-0.15, -0.1) is 0 Å². The molecule has 1 rings (SSSR count). The largest absolute Gasteiger partial charge is 0.465 e. The molecule has 17 heavy (non-hydrogen) atoms. The molecular formula is C10H9F4NO2. The van der Waals surface area contributed by atoms with Crippen LogP contribution in [0.5, 0.6) is 0 Å². The van der Waals surface area contributed by atoms with Gasteiger partial charge in [0.2, 0.25) is 0 Å². The molecule has 0 unspecified atom stereocenters. The van der Waals surface area contributed by atoms with E-state index in [-0.39, 0.29) is 12.2 Å². The van der Waals surface area contributed by atoms with Gasteiger partial charge in [0.25, 0.3) is 0 Å². The maximum absolute atomic E-state index is 12.9. The lowest BCUT2D eigenvalue weighted by Gasteiger charge is -2.18. The fourth-order valence-corrected chi connectivity index (χ4v) is 1.33.